The van der Waals surface area contributed by atoms with Crippen LogP contribution in [0, 0.1) is 11.6 Å². The van der Waals surface area contributed by atoms with Crippen LogP contribution < -0.4 is 16.0 Å². The summed E-state index contributed by atoms with van der Waals surface area (Å²) in [4.78, 5) is 12.6. The zero-order valence-electron chi connectivity index (χ0n) is 13.3. The van der Waals surface area contributed by atoms with E-state index in [4.69, 9.17) is 5.73 Å². The molecule has 2 amide bonds. The van der Waals surface area contributed by atoms with Gasteiger partial charge in [0.15, 0.2) is 0 Å². The third-order valence-corrected chi connectivity index (χ3v) is 4.43. The molecule has 0 spiro atoms. The normalized spacial score (nSPS) is 19.5. The smallest absolute Gasteiger partial charge is 0.318 e. The maximum atomic E-state index is 13.3. The largest absolute Gasteiger partial charge is 0.382 e. The van der Waals surface area contributed by atoms with E-state index in [0.717, 1.165) is 24.6 Å². The Morgan fingerprint density at radius 1 is 1.17 bits per heavy atom. The maximum absolute atomic E-state index is 13.3. The molecule has 2 aromatic carbocycles. The van der Waals surface area contributed by atoms with Gasteiger partial charge in [0.05, 0.1) is 0 Å². The Kier molecular flexibility index (Phi) is 4.38. The third kappa shape index (κ3) is 3.48. The number of primary amides is 1. The van der Waals surface area contributed by atoms with Crippen molar-refractivity contribution in [3.05, 3.63) is 59.7 Å². The summed E-state index contributed by atoms with van der Waals surface area (Å²) in [6.45, 7) is 0. The number of carbonyl (C=O) groups is 1. The molecule has 1 aliphatic carbocycles. The number of hydrogen-bond donors (Lipinski definition) is 2. The predicted molar refractivity (Wildman–Crippen MR) is 90.2 cm³/mol. The summed E-state index contributed by atoms with van der Waals surface area (Å²) in [5.41, 5.74) is 7.56. The molecule has 0 bridgehead atoms. The van der Waals surface area contributed by atoms with Crippen molar-refractivity contribution in [2.45, 2.75) is 24.8 Å². The number of nitrogens with one attached hydrogen (secondary N) is 1. The van der Waals surface area contributed by atoms with Gasteiger partial charge in [-0.3, -0.25) is 4.90 Å². The molecule has 24 heavy (non-hydrogen) atoms. The van der Waals surface area contributed by atoms with Crippen LogP contribution in [0.25, 0.3) is 0 Å². The topological polar surface area (TPSA) is 58.4 Å². The van der Waals surface area contributed by atoms with Gasteiger partial charge < -0.3 is 11.1 Å². The second kappa shape index (κ2) is 6.47. The van der Waals surface area contributed by atoms with Crippen LogP contribution in [0.4, 0.5) is 25.0 Å². The molecule has 0 aromatic heterocycles. The van der Waals surface area contributed by atoms with E-state index < -0.39 is 17.7 Å². The number of carbonyl (C=O) groups excluding carboxylic acids is 1. The van der Waals surface area contributed by atoms with Gasteiger partial charge in [-0.25, -0.2) is 13.6 Å². The summed E-state index contributed by atoms with van der Waals surface area (Å²) in [6, 6.07) is 10.8. The van der Waals surface area contributed by atoms with Crippen molar-refractivity contribution in [1.82, 2.24) is 0 Å². The van der Waals surface area contributed by atoms with Crippen molar-refractivity contribution in [1.29, 1.82) is 0 Å². The molecule has 2 aromatic rings. The monoisotopic (exact) mass is 331 g/mol. The van der Waals surface area contributed by atoms with Crippen LogP contribution in [0.1, 0.15) is 24.3 Å². The van der Waals surface area contributed by atoms with Crippen LogP contribution in [-0.2, 0) is 0 Å². The summed E-state index contributed by atoms with van der Waals surface area (Å²) in [5.74, 6) is -0.920. The molecule has 0 atom stereocenters. The highest BCUT2D eigenvalue weighted by Gasteiger charge is 2.30. The van der Waals surface area contributed by atoms with E-state index >= 15 is 0 Å². The van der Waals surface area contributed by atoms with Crippen molar-refractivity contribution in [3.8, 4) is 0 Å². The summed E-state index contributed by atoms with van der Waals surface area (Å²) >= 11 is 0. The molecular formula is C18H19F2N3O. The molecule has 3 rings (SSSR count). The lowest BCUT2D eigenvalue weighted by molar-refractivity contribution is 0.255. The van der Waals surface area contributed by atoms with Gasteiger partial charge in [0.2, 0.25) is 0 Å². The van der Waals surface area contributed by atoms with Crippen molar-refractivity contribution in [3.63, 3.8) is 0 Å². The second-order valence-electron chi connectivity index (χ2n) is 6.16. The minimum Gasteiger partial charge on any atom is -0.382 e. The summed E-state index contributed by atoms with van der Waals surface area (Å²) in [5, 5.41) is 3.38. The summed E-state index contributed by atoms with van der Waals surface area (Å²) < 4.78 is 26.6. The maximum Gasteiger partial charge on any atom is 0.318 e. The molecule has 3 N–H and O–H groups in total. The SMILES string of the molecule is CN(C(N)=O)c1cccc(NC2CC(c3cc(F)cc(F)c3)C2)c1. The van der Waals surface area contributed by atoms with Gasteiger partial charge in [-0.2, -0.15) is 0 Å². The number of benzene rings is 2. The molecule has 0 radical (unpaired) electrons. The number of rotatable bonds is 4. The molecular weight excluding hydrogens is 312 g/mol. The Labute approximate surface area is 139 Å². The van der Waals surface area contributed by atoms with Gasteiger partial charge in [0.25, 0.3) is 0 Å². The van der Waals surface area contributed by atoms with Gasteiger partial charge in [-0.15, -0.1) is 0 Å². The van der Waals surface area contributed by atoms with Gasteiger partial charge in [0, 0.05) is 30.5 Å². The lowest BCUT2D eigenvalue weighted by Crippen LogP contribution is -2.34. The van der Waals surface area contributed by atoms with Crippen LogP contribution in [0.2, 0.25) is 0 Å². The van der Waals surface area contributed by atoms with Crippen LogP contribution in [-0.4, -0.2) is 19.1 Å². The van der Waals surface area contributed by atoms with E-state index in [2.05, 4.69) is 5.32 Å². The van der Waals surface area contributed by atoms with E-state index in [1.807, 2.05) is 18.2 Å². The first-order chi connectivity index (χ1) is 11.4. The Morgan fingerprint density at radius 3 is 2.46 bits per heavy atom. The lowest BCUT2D eigenvalue weighted by Gasteiger charge is -2.37. The standard InChI is InChI=1S/C18H19F2N3O/c1-23(18(21)24)17-4-2-3-15(10-17)22-16-7-12(8-16)11-5-13(19)9-14(20)6-11/h2-6,9-10,12,16,22H,7-8H2,1H3,(H2,21,24). The molecule has 0 aliphatic heterocycles. The Balaban J connectivity index is 1.61. The molecule has 1 fully saturated rings. The minimum atomic E-state index is -0.538. The third-order valence-electron chi connectivity index (χ3n) is 4.43. The number of hydrogen-bond acceptors (Lipinski definition) is 2. The minimum absolute atomic E-state index is 0.157. The van der Waals surface area contributed by atoms with Gasteiger partial charge >= 0.3 is 6.03 Å². The first-order valence-electron chi connectivity index (χ1n) is 7.78. The molecule has 0 saturated heterocycles. The van der Waals surface area contributed by atoms with Crippen LogP contribution in [0.5, 0.6) is 0 Å². The predicted octanol–water partition coefficient (Wildman–Crippen LogP) is 3.84. The Morgan fingerprint density at radius 2 is 1.83 bits per heavy atom. The van der Waals surface area contributed by atoms with Crippen LogP contribution in [0.15, 0.2) is 42.5 Å². The fraction of sp³-hybridized carbons (Fsp3) is 0.278. The summed E-state index contributed by atoms with van der Waals surface area (Å²) in [6.07, 6.45) is 1.61. The van der Waals surface area contributed by atoms with Crippen molar-refractivity contribution >= 4 is 17.4 Å². The molecule has 0 heterocycles. The van der Waals surface area contributed by atoms with Crippen molar-refractivity contribution in [2.24, 2.45) is 5.73 Å². The Bertz CT molecular complexity index is 739. The number of halogens is 2. The van der Waals surface area contributed by atoms with Gasteiger partial charge in [-0.05, 0) is 54.7 Å². The van der Waals surface area contributed by atoms with E-state index in [1.54, 1.807) is 13.1 Å². The van der Waals surface area contributed by atoms with E-state index in [-0.39, 0.29) is 12.0 Å². The zero-order chi connectivity index (χ0) is 17.3. The van der Waals surface area contributed by atoms with Crippen LogP contribution in [0.3, 0.4) is 0 Å². The number of nitrogens with zero attached hydrogens (tertiary/aromatic N) is 1. The second-order valence-corrected chi connectivity index (χ2v) is 6.16. The van der Waals surface area contributed by atoms with Crippen molar-refractivity contribution < 1.29 is 13.6 Å². The number of anilines is 2. The molecule has 0 unspecified atom stereocenters. The highest BCUT2D eigenvalue weighted by molar-refractivity contribution is 5.90. The average molecular weight is 331 g/mol. The van der Waals surface area contributed by atoms with E-state index in [9.17, 15) is 13.6 Å². The Hall–Kier alpha value is -2.63. The highest BCUT2D eigenvalue weighted by Crippen LogP contribution is 2.39. The number of amides is 2. The van der Waals surface area contributed by atoms with Crippen LogP contribution >= 0.6 is 0 Å². The first kappa shape index (κ1) is 16.2. The molecule has 4 nitrogen and oxygen atoms in total. The van der Waals surface area contributed by atoms with Gasteiger partial charge in [0.1, 0.15) is 11.6 Å². The fourth-order valence-corrected chi connectivity index (χ4v) is 2.99. The van der Waals surface area contributed by atoms with E-state index in [1.165, 1.54) is 17.0 Å². The number of urea groups is 1. The highest BCUT2D eigenvalue weighted by atomic mass is 19.1. The average Bonchev–Trinajstić information content (AvgIpc) is 2.48. The quantitative estimate of drug-likeness (QED) is 0.894. The molecule has 6 heteroatoms. The molecule has 1 saturated carbocycles. The molecule has 1 aliphatic rings. The first-order valence-corrected chi connectivity index (χ1v) is 7.78. The van der Waals surface area contributed by atoms with Gasteiger partial charge in [-0.1, -0.05) is 6.07 Å². The zero-order valence-corrected chi connectivity index (χ0v) is 13.3. The number of nitrogens with two attached hydrogens (primary N) is 1. The molecule has 126 valence electrons. The van der Waals surface area contributed by atoms with Crippen molar-refractivity contribution in [2.75, 3.05) is 17.3 Å². The fourth-order valence-electron chi connectivity index (χ4n) is 2.99. The van der Waals surface area contributed by atoms with E-state index in [0.29, 0.717) is 11.3 Å². The summed E-state index contributed by atoms with van der Waals surface area (Å²) in [7, 11) is 1.61. The lowest BCUT2D eigenvalue weighted by atomic mass is 9.75.